The predicted octanol–water partition coefficient (Wildman–Crippen LogP) is 2.27. The second-order valence-corrected chi connectivity index (χ2v) is 8.80. The van der Waals surface area contributed by atoms with E-state index in [1.54, 1.807) is 50.3 Å². The van der Waals surface area contributed by atoms with Gasteiger partial charge in [-0.15, -0.1) is 0 Å². The van der Waals surface area contributed by atoms with Crippen molar-refractivity contribution in [3.05, 3.63) is 90.6 Å². The van der Waals surface area contributed by atoms with Crippen LogP contribution in [0, 0.1) is 0 Å². The number of carbonyl (C=O) groups excluding carboxylic acids is 1. The Morgan fingerprint density at radius 1 is 1.17 bits per heavy atom. The van der Waals surface area contributed by atoms with Crippen LogP contribution in [-0.4, -0.2) is 41.9 Å². The number of esters is 1. The lowest BCUT2D eigenvalue weighted by atomic mass is 9.95. The maximum absolute atomic E-state index is 13.7. The molecule has 0 bridgehead atoms. The van der Waals surface area contributed by atoms with Crippen LogP contribution in [0.1, 0.15) is 31.0 Å². The molecule has 0 fully saturated rings. The minimum atomic E-state index is -1.07. The zero-order valence-corrected chi connectivity index (χ0v) is 20.7. The highest BCUT2D eigenvalue weighted by molar-refractivity contribution is 7.07. The number of aromatic nitrogens is 1. The summed E-state index contributed by atoms with van der Waals surface area (Å²) < 4.78 is 17.9. The fourth-order valence-electron chi connectivity index (χ4n) is 3.93. The van der Waals surface area contributed by atoms with Crippen molar-refractivity contribution in [3.8, 4) is 11.5 Å². The number of carboxylic acid groups (broad SMARTS) is 1. The molecule has 186 valence electrons. The molecule has 10 heteroatoms. The molecule has 1 aliphatic rings. The van der Waals surface area contributed by atoms with Gasteiger partial charge in [0.1, 0.15) is 17.5 Å². The predicted molar refractivity (Wildman–Crippen MR) is 133 cm³/mol. The van der Waals surface area contributed by atoms with Gasteiger partial charge in [0.05, 0.1) is 29.5 Å². The summed E-state index contributed by atoms with van der Waals surface area (Å²) in [4.78, 5) is 42.4. The van der Waals surface area contributed by atoms with Gasteiger partial charge in [0, 0.05) is 5.56 Å². The average Bonchev–Trinajstić information content (AvgIpc) is 3.17. The summed E-state index contributed by atoms with van der Waals surface area (Å²) in [6, 6.07) is 13.2. The van der Waals surface area contributed by atoms with Crippen molar-refractivity contribution in [3.63, 3.8) is 0 Å². The van der Waals surface area contributed by atoms with E-state index in [1.165, 1.54) is 23.0 Å². The zero-order chi connectivity index (χ0) is 25.8. The van der Waals surface area contributed by atoms with E-state index in [-0.39, 0.29) is 17.7 Å². The molecule has 0 amide bonds. The molecule has 4 rings (SSSR count). The Balaban J connectivity index is 1.85. The molecular weight excluding hydrogens is 484 g/mol. The van der Waals surface area contributed by atoms with Gasteiger partial charge in [-0.2, -0.15) is 0 Å². The van der Waals surface area contributed by atoms with E-state index in [1.807, 2.05) is 18.2 Å². The van der Waals surface area contributed by atoms with Gasteiger partial charge in [-0.05, 0) is 43.7 Å². The van der Waals surface area contributed by atoms with Crippen LogP contribution in [0.3, 0.4) is 0 Å². The largest absolute Gasteiger partial charge is 0.496 e. The molecule has 0 spiro atoms. The van der Waals surface area contributed by atoms with Gasteiger partial charge in [-0.25, -0.2) is 14.6 Å². The lowest BCUT2D eigenvalue weighted by Gasteiger charge is -2.25. The molecule has 2 aromatic carbocycles. The molecule has 0 unspecified atom stereocenters. The number of aliphatic carboxylic acids is 1. The number of hydrogen-bond acceptors (Lipinski definition) is 8. The molecule has 1 aliphatic heterocycles. The highest BCUT2D eigenvalue weighted by Crippen LogP contribution is 2.35. The van der Waals surface area contributed by atoms with Gasteiger partial charge in [-0.1, -0.05) is 41.7 Å². The first-order chi connectivity index (χ1) is 17.3. The van der Waals surface area contributed by atoms with E-state index in [0.717, 1.165) is 5.56 Å². The summed E-state index contributed by atoms with van der Waals surface area (Å²) in [7, 11) is 1.53. The molecule has 0 saturated carbocycles. The Bertz CT molecular complexity index is 1520. The first kappa shape index (κ1) is 24.9. The number of nitrogens with zero attached hydrogens (tertiary/aromatic N) is 2. The Hall–Kier alpha value is -4.18. The Kier molecular flexibility index (Phi) is 7.35. The summed E-state index contributed by atoms with van der Waals surface area (Å²) >= 11 is 1.21. The lowest BCUT2D eigenvalue weighted by Crippen LogP contribution is -2.40. The molecule has 0 radical (unpaired) electrons. The minimum Gasteiger partial charge on any atom is -0.496 e. The first-order valence-electron chi connectivity index (χ1n) is 11.1. The van der Waals surface area contributed by atoms with E-state index < -0.39 is 24.6 Å². The van der Waals surface area contributed by atoms with Gasteiger partial charge in [0.15, 0.2) is 11.4 Å². The van der Waals surface area contributed by atoms with Gasteiger partial charge in [-0.3, -0.25) is 9.36 Å². The summed E-state index contributed by atoms with van der Waals surface area (Å²) in [5.41, 5.74) is 1.80. The third-order valence-electron chi connectivity index (χ3n) is 5.49. The van der Waals surface area contributed by atoms with Gasteiger partial charge < -0.3 is 19.3 Å². The summed E-state index contributed by atoms with van der Waals surface area (Å²) in [5.74, 6) is -0.671. The third kappa shape index (κ3) is 4.94. The van der Waals surface area contributed by atoms with Crippen LogP contribution in [0.2, 0.25) is 0 Å². The molecule has 2 heterocycles. The molecule has 1 atom stereocenters. The van der Waals surface area contributed by atoms with Crippen molar-refractivity contribution in [2.45, 2.75) is 19.9 Å². The number of fused-ring (bicyclic) bond motifs is 1. The van der Waals surface area contributed by atoms with Gasteiger partial charge in [0.2, 0.25) is 0 Å². The van der Waals surface area contributed by atoms with Crippen molar-refractivity contribution in [1.82, 2.24) is 4.57 Å². The van der Waals surface area contributed by atoms with Crippen LogP contribution in [0.25, 0.3) is 6.08 Å². The lowest BCUT2D eigenvalue weighted by molar-refractivity contribution is -0.140. The number of methoxy groups -OCH3 is 1. The highest BCUT2D eigenvalue weighted by Gasteiger charge is 2.34. The van der Waals surface area contributed by atoms with Crippen LogP contribution in [-0.2, 0) is 14.3 Å². The van der Waals surface area contributed by atoms with Crippen LogP contribution in [0.5, 0.6) is 11.5 Å². The quantitative estimate of drug-likeness (QED) is 0.464. The fraction of sp³-hybridized carbons (Fsp3) is 0.231. The summed E-state index contributed by atoms with van der Waals surface area (Å²) in [6.07, 6.45) is 1.72. The number of carbonyl (C=O) groups is 2. The summed E-state index contributed by atoms with van der Waals surface area (Å²) in [5, 5.41) is 8.76. The molecule has 1 aromatic heterocycles. The van der Waals surface area contributed by atoms with Gasteiger partial charge >= 0.3 is 11.9 Å². The van der Waals surface area contributed by atoms with E-state index in [9.17, 15) is 14.4 Å². The van der Waals surface area contributed by atoms with E-state index in [4.69, 9.17) is 19.3 Å². The SMILES string of the molecule is CCOC(=O)C1=C(C)N=c2s/c(=C/c3ccc(OCC(=O)O)cc3)c(=O)n2[C@@H]1c1ccccc1OC. The molecule has 9 nitrogen and oxygen atoms in total. The van der Waals surface area contributed by atoms with Crippen LogP contribution < -0.4 is 24.4 Å². The number of ether oxygens (including phenoxy) is 3. The molecule has 3 aromatic rings. The maximum atomic E-state index is 13.7. The van der Waals surface area contributed by atoms with Crippen LogP contribution in [0.15, 0.2) is 69.6 Å². The molecule has 0 aliphatic carbocycles. The highest BCUT2D eigenvalue weighted by atomic mass is 32.1. The zero-order valence-electron chi connectivity index (χ0n) is 19.9. The molecule has 0 saturated heterocycles. The van der Waals surface area contributed by atoms with Crippen molar-refractivity contribution in [2.75, 3.05) is 20.3 Å². The number of thiazole rings is 1. The van der Waals surface area contributed by atoms with Gasteiger partial charge in [0.25, 0.3) is 5.56 Å². The standard InChI is InChI=1S/C26H24N2O7S/c1-4-34-25(32)22-15(2)27-26-28(23(22)18-7-5-6-8-19(18)33-3)24(31)20(36-26)13-16-9-11-17(12-10-16)35-14-21(29)30/h5-13,23H,4,14H2,1-3H3,(H,29,30)/b20-13+/t23-/m1/s1. The van der Waals surface area contributed by atoms with Crippen molar-refractivity contribution < 1.29 is 28.9 Å². The second-order valence-electron chi connectivity index (χ2n) is 7.80. The number of rotatable bonds is 8. The van der Waals surface area contributed by atoms with Crippen LogP contribution in [0.4, 0.5) is 0 Å². The topological polar surface area (TPSA) is 116 Å². The van der Waals surface area contributed by atoms with Crippen molar-refractivity contribution in [2.24, 2.45) is 4.99 Å². The average molecular weight is 509 g/mol. The van der Waals surface area contributed by atoms with E-state index >= 15 is 0 Å². The molecule has 1 N–H and O–H groups in total. The minimum absolute atomic E-state index is 0.185. The first-order valence-corrected chi connectivity index (χ1v) is 11.9. The Morgan fingerprint density at radius 3 is 2.56 bits per heavy atom. The Labute approximate surface area is 210 Å². The Morgan fingerprint density at radius 2 is 1.89 bits per heavy atom. The van der Waals surface area contributed by atoms with E-state index in [0.29, 0.717) is 32.1 Å². The van der Waals surface area contributed by atoms with Crippen molar-refractivity contribution in [1.29, 1.82) is 0 Å². The third-order valence-corrected chi connectivity index (χ3v) is 6.47. The normalized spacial score (nSPS) is 15.2. The summed E-state index contributed by atoms with van der Waals surface area (Å²) in [6.45, 7) is 3.19. The number of benzene rings is 2. The van der Waals surface area contributed by atoms with E-state index in [2.05, 4.69) is 4.99 Å². The molecular formula is C26H24N2O7S. The second kappa shape index (κ2) is 10.6. The number of hydrogen-bond donors (Lipinski definition) is 1. The number of allylic oxidation sites excluding steroid dienone is 1. The molecule has 36 heavy (non-hydrogen) atoms. The smallest absolute Gasteiger partial charge is 0.341 e. The van der Waals surface area contributed by atoms with Crippen LogP contribution >= 0.6 is 11.3 Å². The number of para-hydroxylation sites is 1. The van der Waals surface area contributed by atoms with Crippen molar-refractivity contribution >= 4 is 29.4 Å². The number of carboxylic acids is 1. The maximum Gasteiger partial charge on any atom is 0.341 e. The monoisotopic (exact) mass is 508 g/mol. The fourth-order valence-corrected chi connectivity index (χ4v) is 4.98.